The summed E-state index contributed by atoms with van der Waals surface area (Å²) in [5, 5.41) is 2.96. The molecule has 0 aliphatic rings. The van der Waals surface area contributed by atoms with Crippen molar-refractivity contribution in [1.82, 2.24) is 4.98 Å². The lowest BCUT2D eigenvalue weighted by Crippen LogP contribution is -2.17. The van der Waals surface area contributed by atoms with Crippen molar-refractivity contribution in [1.29, 1.82) is 0 Å². The van der Waals surface area contributed by atoms with E-state index in [9.17, 15) is 18.0 Å². The zero-order valence-electron chi connectivity index (χ0n) is 16.6. The molecule has 0 aliphatic carbocycles. The molecule has 0 spiro atoms. The van der Waals surface area contributed by atoms with Crippen LogP contribution in [0.4, 0.5) is 24.7 Å². The molecule has 3 rings (SSSR count). The van der Waals surface area contributed by atoms with E-state index in [1.165, 1.54) is 18.2 Å². The first-order valence-electron chi connectivity index (χ1n) is 9.44. The monoisotopic (exact) mass is 414 g/mol. The summed E-state index contributed by atoms with van der Waals surface area (Å²) < 4.78 is 41.0. The Morgan fingerprint density at radius 1 is 1.07 bits per heavy atom. The van der Waals surface area contributed by atoms with Gasteiger partial charge in [-0.25, -0.2) is 4.98 Å². The van der Waals surface area contributed by atoms with E-state index in [1.54, 1.807) is 18.3 Å². The topological polar surface area (TPSA) is 51.2 Å². The number of benzene rings is 2. The molecule has 0 atom stereocenters. The van der Waals surface area contributed by atoms with Gasteiger partial charge in [-0.15, -0.1) is 13.2 Å². The Balaban J connectivity index is 1.72. The maximum atomic E-state index is 12.4. The average molecular weight is 414 g/mol. The third-order valence-electron chi connectivity index (χ3n) is 4.56. The van der Waals surface area contributed by atoms with Crippen molar-refractivity contribution in [3.05, 3.63) is 71.9 Å². The normalized spacial score (nSPS) is 11.2. The highest BCUT2D eigenvalue weighted by Gasteiger charge is 2.31. The molecule has 3 aromatic rings. The van der Waals surface area contributed by atoms with Gasteiger partial charge >= 0.3 is 6.36 Å². The van der Waals surface area contributed by atoms with Crippen LogP contribution in [0.25, 0.3) is 11.1 Å². The van der Waals surface area contributed by atoms with Crippen LogP contribution in [0.1, 0.15) is 24.5 Å². The molecule has 0 aliphatic heterocycles. The Morgan fingerprint density at radius 3 is 2.47 bits per heavy atom. The summed E-state index contributed by atoms with van der Waals surface area (Å²) in [6.45, 7) is 3.83. The second kappa shape index (κ2) is 8.98. The highest BCUT2D eigenvalue weighted by atomic mass is 19.4. The molecule has 0 amide bonds. The average Bonchev–Trinajstić information content (AvgIpc) is 2.69. The molecular formula is C23H21F3N2O2. The summed E-state index contributed by atoms with van der Waals surface area (Å²) in [7, 11) is 0. The molecule has 0 saturated carbocycles. The smallest absolute Gasteiger partial charge is 0.406 e. The predicted molar refractivity (Wildman–Crippen MR) is 110 cm³/mol. The number of anilines is 2. The number of carbonyl (C=O) groups excluding carboxylic acids is 1. The summed E-state index contributed by atoms with van der Waals surface area (Å²) in [6, 6.07) is 15.1. The molecule has 2 aromatic carbocycles. The molecule has 7 heteroatoms. The van der Waals surface area contributed by atoms with E-state index in [-0.39, 0.29) is 11.5 Å². The first-order chi connectivity index (χ1) is 14.2. The second-order valence-electron chi connectivity index (χ2n) is 6.84. The first-order valence-corrected chi connectivity index (χ1v) is 9.44. The molecular weight excluding hydrogens is 393 g/mol. The van der Waals surface area contributed by atoms with Crippen molar-refractivity contribution in [2.45, 2.75) is 33.1 Å². The minimum atomic E-state index is -4.74. The molecule has 1 N–H and O–H groups in total. The van der Waals surface area contributed by atoms with E-state index in [0.29, 0.717) is 24.3 Å². The number of pyridine rings is 1. The number of hydrogen-bond donors (Lipinski definition) is 1. The number of Topliss-reactive ketones (excluding diaryl/α,β-unsaturated/α-hetero) is 1. The van der Waals surface area contributed by atoms with Crippen LogP contribution < -0.4 is 10.1 Å². The summed E-state index contributed by atoms with van der Waals surface area (Å²) in [4.78, 5) is 16.0. The van der Waals surface area contributed by atoms with Gasteiger partial charge in [0.05, 0.1) is 0 Å². The quantitative estimate of drug-likeness (QED) is 0.499. The highest BCUT2D eigenvalue weighted by Crippen LogP contribution is 2.27. The largest absolute Gasteiger partial charge is 0.573 e. The number of halogens is 3. The third kappa shape index (κ3) is 5.83. The molecule has 0 saturated heterocycles. The molecule has 0 radical (unpaired) electrons. The Labute approximate surface area is 172 Å². The summed E-state index contributed by atoms with van der Waals surface area (Å²) in [5.74, 6) is 0.388. The van der Waals surface area contributed by atoms with Gasteiger partial charge < -0.3 is 10.1 Å². The Bertz CT molecular complexity index is 1030. The molecule has 1 heterocycles. The van der Waals surface area contributed by atoms with Crippen molar-refractivity contribution < 1.29 is 22.7 Å². The number of nitrogens with zero attached hydrogens (tertiary/aromatic N) is 1. The fourth-order valence-corrected chi connectivity index (χ4v) is 2.97. The zero-order chi connectivity index (χ0) is 21.7. The summed E-state index contributed by atoms with van der Waals surface area (Å²) in [5.41, 5.74) is 4.35. The number of hydrogen-bond acceptors (Lipinski definition) is 4. The first kappa shape index (κ1) is 21.4. The van der Waals surface area contributed by atoms with E-state index in [1.807, 2.05) is 38.1 Å². The third-order valence-corrected chi connectivity index (χ3v) is 4.56. The summed E-state index contributed by atoms with van der Waals surface area (Å²) in [6.07, 6.45) is -2.11. The molecule has 0 fully saturated rings. The number of ketones is 1. The van der Waals surface area contributed by atoms with Crippen molar-refractivity contribution in [2.24, 2.45) is 0 Å². The number of ether oxygens (including phenoxy) is 1. The fourth-order valence-electron chi connectivity index (χ4n) is 2.97. The van der Waals surface area contributed by atoms with Gasteiger partial charge in [-0.3, -0.25) is 4.79 Å². The standard InChI is InChI=1S/C23H21F3N2O2/c1-3-20(29)12-16-7-8-17(11-15(16)2)18-9-10-22(27-14-18)28-19-5-4-6-21(13-19)30-23(24,25)26/h4-11,13-14H,3,12H2,1-2H3,(H,27,28). The highest BCUT2D eigenvalue weighted by molar-refractivity contribution is 5.81. The lowest BCUT2D eigenvalue weighted by atomic mass is 9.97. The van der Waals surface area contributed by atoms with Crippen molar-refractivity contribution >= 4 is 17.3 Å². The van der Waals surface area contributed by atoms with Gasteiger partial charge in [-0.2, -0.15) is 0 Å². The minimum Gasteiger partial charge on any atom is -0.406 e. The molecule has 0 unspecified atom stereocenters. The van der Waals surface area contributed by atoms with Gasteiger partial charge in [0.2, 0.25) is 0 Å². The van der Waals surface area contributed by atoms with E-state index in [0.717, 1.165) is 22.3 Å². The van der Waals surface area contributed by atoms with Crippen LogP contribution >= 0.6 is 0 Å². The number of aromatic nitrogens is 1. The minimum absolute atomic E-state index is 0.202. The molecule has 1 aromatic heterocycles. The lowest BCUT2D eigenvalue weighted by Gasteiger charge is -2.11. The van der Waals surface area contributed by atoms with E-state index >= 15 is 0 Å². The SMILES string of the molecule is CCC(=O)Cc1ccc(-c2ccc(Nc3cccc(OC(F)(F)F)c3)nc2)cc1C. The maximum absolute atomic E-state index is 12.4. The molecule has 156 valence electrons. The van der Waals surface area contributed by atoms with Crippen molar-refractivity contribution in [3.63, 3.8) is 0 Å². The zero-order valence-corrected chi connectivity index (χ0v) is 16.6. The van der Waals surface area contributed by atoms with Gasteiger partial charge in [0.15, 0.2) is 0 Å². The molecule has 4 nitrogen and oxygen atoms in total. The second-order valence-corrected chi connectivity index (χ2v) is 6.84. The van der Waals surface area contributed by atoms with Crippen LogP contribution in [0.2, 0.25) is 0 Å². The lowest BCUT2D eigenvalue weighted by molar-refractivity contribution is -0.274. The van der Waals surface area contributed by atoms with Crippen LogP contribution in [0.3, 0.4) is 0 Å². The van der Waals surface area contributed by atoms with Crippen molar-refractivity contribution in [3.8, 4) is 16.9 Å². The van der Waals surface area contributed by atoms with Gasteiger partial charge in [-0.1, -0.05) is 31.2 Å². The van der Waals surface area contributed by atoms with E-state index < -0.39 is 6.36 Å². The van der Waals surface area contributed by atoms with Gasteiger partial charge in [-0.05, 0) is 47.9 Å². The Morgan fingerprint density at radius 2 is 1.83 bits per heavy atom. The van der Waals surface area contributed by atoms with Gasteiger partial charge in [0, 0.05) is 36.4 Å². The number of carbonyl (C=O) groups is 1. The van der Waals surface area contributed by atoms with Crippen LogP contribution in [-0.4, -0.2) is 17.1 Å². The number of rotatable bonds is 7. The van der Waals surface area contributed by atoms with E-state index in [4.69, 9.17) is 0 Å². The van der Waals surface area contributed by atoms with Gasteiger partial charge in [0.1, 0.15) is 17.4 Å². The van der Waals surface area contributed by atoms with Crippen LogP contribution in [-0.2, 0) is 11.2 Å². The molecule has 0 bridgehead atoms. The van der Waals surface area contributed by atoms with Crippen LogP contribution in [0.15, 0.2) is 60.8 Å². The molecule has 30 heavy (non-hydrogen) atoms. The van der Waals surface area contributed by atoms with Crippen molar-refractivity contribution in [2.75, 3.05) is 5.32 Å². The Hall–Kier alpha value is -3.35. The summed E-state index contributed by atoms with van der Waals surface area (Å²) >= 11 is 0. The van der Waals surface area contributed by atoms with Crippen LogP contribution in [0.5, 0.6) is 5.75 Å². The van der Waals surface area contributed by atoms with E-state index in [2.05, 4.69) is 15.0 Å². The number of aryl methyl sites for hydroxylation is 1. The number of nitrogens with one attached hydrogen (secondary N) is 1. The van der Waals surface area contributed by atoms with Crippen LogP contribution in [0, 0.1) is 6.92 Å². The number of alkyl halides is 3. The maximum Gasteiger partial charge on any atom is 0.573 e. The van der Waals surface area contributed by atoms with Gasteiger partial charge in [0.25, 0.3) is 0 Å². The Kier molecular flexibility index (Phi) is 6.40. The fraction of sp³-hybridized carbons (Fsp3) is 0.217. The predicted octanol–water partition coefficient (Wildman–Crippen LogP) is 6.22.